The van der Waals surface area contributed by atoms with Gasteiger partial charge < -0.3 is 11.1 Å². The monoisotopic (exact) mass is 282 g/mol. The van der Waals surface area contributed by atoms with Gasteiger partial charge in [-0.2, -0.15) is 5.10 Å². The Morgan fingerprint density at radius 2 is 2.33 bits per heavy atom. The molecule has 1 aromatic heterocycles. The van der Waals surface area contributed by atoms with E-state index in [0.717, 1.165) is 17.5 Å². The zero-order valence-corrected chi connectivity index (χ0v) is 12.0. The molecule has 0 radical (unpaired) electrons. The predicted molar refractivity (Wildman–Crippen MR) is 81.6 cm³/mol. The number of carbonyl (C=O) groups is 1. The Labute approximate surface area is 124 Å². The molecule has 0 atom stereocenters. The molecule has 0 aliphatic heterocycles. The summed E-state index contributed by atoms with van der Waals surface area (Å²) < 4.78 is 1.75. The number of benzene rings is 1. The van der Waals surface area contributed by atoms with Crippen LogP contribution in [-0.4, -0.2) is 28.8 Å². The van der Waals surface area contributed by atoms with E-state index >= 15 is 0 Å². The first kappa shape index (κ1) is 14.8. The number of nitrogens with one attached hydrogen (secondary N) is 1. The van der Waals surface area contributed by atoms with Crippen molar-refractivity contribution < 1.29 is 4.79 Å². The molecule has 108 valence electrons. The van der Waals surface area contributed by atoms with Gasteiger partial charge >= 0.3 is 0 Å². The summed E-state index contributed by atoms with van der Waals surface area (Å²) in [7, 11) is 1.87. The van der Waals surface area contributed by atoms with Gasteiger partial charge in [-0.1, -0.05) is 17.9 Å². The summed E-state index contributed by atoms with van der Waals surface area (Å²) in [5.41, 5.74) is 7.83. The highest BCUT2D eigenvalue weighted by Gasteiger charge is 2.05. The van der Waals surface area contributed by atoms with Crippen LogP contribution in [0, 0.1) is 11.8 Å². The largest absolute Gasteiger partial charge is 0.352 e. The number of aryl methyl sites for hydroxylation is 1. The lowest BCUT2D eigenvalue weighted by Gasteiger charge is -2.04. The van der Waals surface area contributed by atoms with Crippen LogP contribution in [0.25, 0.3) is 0 Å². The number of nitrogens with two attached hydrogens (primary N) is 1. The van der Waals surface area contributed by atoms with Crippen molar-refractivity contribution in [2.75, 3.05) is 13.1 Å². The van der Waals surface area contributed by atoms with Crippen molar-refractivity contribution in [2.45, 2.75) is 6.42 Å². The lowest BCUT2D eigenvalue weighted by Crippen LogP contribution is -2.25. The van der Waals surface area contributed by atoms with Crippen molar-refractivity contribution >= 4 is 5.91 Å². The van der Waals surface area contributed by atoms with E-state index in [4.69, 9.17) is 5.73 Å². The molecule has 0 fully saturated rings. The number of hydrogen-bond donors (Lipinski definition) is 2. The molecule has 0 unspecified atom stereocenters. The van der Waals surface area contributed by atoms with E-state index in [1.165, 1.54) is 0 Å². The van der Waals surface area contributed by atoms with Crippen LogP contribution in [0.3, 0.4) is 0 Å². The summed E-state index contributed by atoms with van der Waals surface area (Å²) in [4.78, 5) is 12.1. The standard InChI is InChI=1S/C16H18N4O/c1-20-12-14(11-19-20)7-9-18-16(21)15-6-2-4-13(10-15)5-3-8-17/h2,4,6,10-12H,7-9,17H2,1H3,(H,18,21). The van der Waals surface area contributed by atoms with Crippen molar-refractivity contribution in [1.82, 2.24) is 15.1 Å². The zero-order valence-electron chi connectivity index (χ0n) is 12.0. The van der Waals surface area contributed by atoms with Crippen LogP contribution >= 0.6 is 0 Å². The van der Waals surface area contributed by atoms with Crippen LogP contribution in [0.4, 0.5) is 0 Å². The van der Waals surface area contributed by atoms with Gasteiger partial charge in [0.05, 0.1) is 12.7 Å². The minimum Gasteiger partial charge on any atom is -0.352 e. The molecule has 0 saturated carbocycles. The van der Waals surface area contributed by atoms with Crippen molar-refractivity contribution in [3.63, 3.8) is 0 Å². The Bertz CT molecular complexity index is 679. The van der Waals surface area contributed by atoms with E-state index in [-0.39, 0.29) is 5.91 Å². The fourth-order valence-electron chi connectivity index (χ4n) is 1.91. The quantitative estimate of drug-likeness (QED) is 0.811. The lowest BCUT2D eigenvalue weighted by atomic mass is 10.1. The first-order valence-electron chi connectivity index (χ1n) is 6.74. The number of carbonyl (C=O) groups excluding carboxylic acids is 1. The van der Waals surface area contributed by atoms with Crippen LogP contribution in [0.2, 0.25) is 0 Å². The molecule has 2 aromatic rings. The molecule has 1 aromatic carbocycles. The Hall–Kier alpha value is -2.58. The summed E-state index contributed by atoms with van der Waals surface area (Å²) in [5.74, 6) is 5.59. The highest BCUT2D eigenvalue weighted by molar-refractivity contribution is 5.94. The van der Waals surface area contributed by atoms with Gasteiger partial charge in [0, 0.05) is 30.9 Å². The van der Waals surface area contributed by atoms with Crippen LogP contribution in [-0.2, 0) is 13.5 Å². The Kier molecular flexibility index (Phi) is 5.13. The topological polar surface area (TPSA) is 72.9 Å². The first-order valence-corrected chi connectivity index (χ1v) is 6.74. The highest BCUT2D eigenvalue weighted by atomic mass is 16.1. The maximum Gasteiger partial charge on any atom is 0.251 e. The number of nitrogens with zero attached hydrogens (tertiary/aromatic N) is 2. The Morgan fingerprint density at radius 3 is 3.05 bits per heavy atom. The average molecular weight is 282 g/mol. The molecule has 0 aliphatic carbocycles. The van der Waals surface area contributed by atoms with E-state index in [1.807, 2.05) is 25.4 Å². The molecular weight excluding hydrogens is 264 g/mol. The van der Waals surface area contributed by atoms with E-state index < -0.39 is 0 Å². The molecule has 3 N–H and O–H groups in total. The number of rotatable bonds is 4. The summed E-state index contributed by atoms with van der Waals surface area (Å²) >= 11 is 0. The number of amides is 1. The van der Waals surface area contributed by atoms with Crippen molar-refractivity contribution in [3.8, 4) is 11.8 Å². The summed E-state index contributed by atoms with van der Waals surface area (Å²) in [6.45, 7) is 0.880. The molecule has 0 bridgehead atoms. The third kappa shape index (κ3) is 4.48. The van der Waals surface area contributed by atoms with Crippen molar-refractivity contribution in [2.24, 2.45) is 12.8 Å². The van der Waals surface area contributed by atoms with Crippen LogP contribution in [0.15, 0.2) is 36.7 Å². The SMILES string of the molecule is Cn1cc(CCNC(=O)c2cccc(C#CCN)c2)cn1. The van der Waals surface area contributed by atoms with Crippen molar-refractivity contribution in [1.29, 1.82) is 0 Å². The van der Waals surface area contributed by atoms with Gasteiger partial charge in [-0.3, -0.25) is 9.48 Å². The van der Waals surface area contributed by atoms with Gasteiger partial charge in [0.25, 0.3) is 5.91 Å². The van der Waals surface area contributed by atoms with Crippen LogP contribution in [0.5, 0.6) is 0 Å². The molecular formula is C16H18N4O. The Balaban J connectivity index is 1.91. The van der Waals surface area contributed by atoms with Crippen LogP contribution < -0.4 is 11.1 Å². The molecule has 2 rings (SSSR count). The van der Waals surface area contributed by atoms with Gasteiger partial charge in [0.2, 0.25) is 0 Å². The fourth-order valence-corrected chi connectivity index (χ4v) is 1.91. The molecule has 1 heterocycles. The lowest BCUT2D eigenvalue weighted by molar-refractivity contribution is 0.0954. The number of hydrogen-bond acceptors (Lipinski definition) is 3. The fraction of sp³-hybridized carbons (Fsp3) is 0.250. The van der Waals surface area contributed by atoms with E-state index in [0.29, 0.717) is 18.7 Å². The third-order valence-corrected chi connectivity index (χ3v) is 2.92. The van der Waals surface area contributed by atoms with E-state index in [2.05, 4.69) is 22.3 Å². The van der Waals surface area contributed by atoms with Crippen LogP contribution in [0.1, 0.15) is 21.5 Å². The first-order chi connectivity index (χ1) is 10.2. The number of aromatic nitrogens is 2. The normalized spacial score (nSPS) is 9.81. The highest BCUT2D eigenvalue weighted by Crippen LogP contribution is 2.04. The van der Waals surface area contributed by atoms with Gasteiger partial charge in [-0.15, -0.1) is 0 Å². The second-order valence-electron chi connectivity index (χ2n) is 4.61. The predicted octanol–water partition coefficient (Wildman–Crippen LogP) is 0.703. The molecule has 0 spiro atoms. The molecule has 0 aliphatic rings. The van der Waals surface area contributed by atoms with Gasteiger partial charge in [0.1, 0.15) is 0 Å². The summed E-state index contributed by atoms with van der Waals surface area (Å²) in [5, 5.41) is 6.98. The second kappa shape index (κ2) is 7.27. The maximum absolute atomic E-state index is 12.1. The Morgan fingerprint density at radius 1 is 1.48 bits per heavy atom. The minimum atomic E-state index is -0.102. The maximum atomic E-state index is 12.1. The van der Waals surface area contributed by atoms with E-state index in [1.54, 1.807) is 23.0 Å². The summed E-state index contributed by atoms with van der Waals surface area (Å²) in [6, 6.07) is 7.21. The van der Waals surface area contributed by atoms with Gasteiger partial charge in [-0.25, -0.2) is 0 Å². The third-order valence-electron chi connectivity index (χ3n) is 2.92. The van der Waals surface area contributed by atoms with Gasteiger partial charge in [-0.05, 0) is 30.2 Å². The molecule has 5 nitrogen and oxygen atoms in total. The summed E-state index contributed by atoms with van der Waals surface area (Å²) in [6.07, 6.45) is 4.50. The molecule has 1 amide bonds. The zero-order chi connectivity index (χ0) is 15.1. The molecule has 5 heteroatoms. The molecule has 0 saturated heterocycles. The molecule has 21 heavy (non-hydrogen) atoms. The average Bonchev–Trinajstić information content (AvgIpc) is 2.91. The van der Waals surface area contributed by atoms with Crippen molar-refractivity contribution in [3.05, 3.63) is 53.3 Å². The second-order valence-corrected chi connectivity index (χ2v) is 4.61. The minimum absolute atomic E-state index is 0.102. The van der Waals surface area contributed by atoms with Gasteiger partial charge in [0.15, 0.2) is 0 Å². The smallest absolute Gasteiger partial charge is 0.251 e. The van der Waals surface area contributed by atoms with E-state index in [9.17, 15) is 4.79 Å².